The van der Waals surface area contributed by atoms with E-state index >= 15 is 0 Å². The monoisotopic (exact) mass is 266 g/mol. The molecule has 1 heterocycles. The quantitative estimate of drug-likeness (QED) is 0.835. The van der Waals surface area contributed by atoms with Crippen molar-refractivity contribution >= 4 is 12.6 Å². The number of methoxy groups -OCH3 is 1. The van der Waals surface area contributed by atoms with Gasteiger partial charge < -0.3 is 9.72 Å². The summed E-state index contributed by atoms with van der Waals surface area (Å²) >= 11 is 4.17. The van der Waals surface area contributed by atoms with Gasteiger partial charge in [0.15, 0.2) is 11.6 Å². The van der Waals surface area contributed by atoms with Crippen molar-refractivity contribution in [1.82, 2.24) is 9.97 Å². The van der Waals surface area contributed by atoms with Gasteiger partial charge >= 0.3 is 0 Å². The molecule has 0 fully saturated rings. The Morgan fingerprint density at radius 2 is 2.22 bits per heavy atom. The maximum absolute atomic E-state index is 13.6. The van der Waals surface area contributed by atoms with Crippen LogP contribution in [0.3, 0.4) is 0 Å². The molecule has 3 nitrogen and oxygen atoms in total. The largest absolute Gasteiger partial charge is 0.494 e. The molecular weight excluding hydrogens is 251 g/mol. The predicted molar refractivity (Wildman–Crippen MR) is 72.8 cm³/mol. The Morgan fingerprint density at radius 1 is 1.44 bits per heavy atom. The minimum Gasteiger partial charge on any atom is -0.494 e. The fourth-order valence-electron chi connectivity index (χ4n) is 1.84. The molecule has 0 unspecified atom stereocenters. The first-order valence-electron chi connectivity index (χ1n) is 5.66. The standard InChI is InChI=1S/C13H15FN2OS/c1-8-13(16-12(15-8)5-6-18)9-3-4-11(17-2)10(14)7-9/h3-4,7,18H,5-6H2,1-2H3,(H,15,16). The van der Waals surface area contributed by atoms with Gasteiger partial charge in [-0.05, 0) is 30.9 Å². The lowest BCUT2D eigenvalue weighted by molar-refractivity contribution is 0.386. The maximum Gasteiger partial charge on any atom is 0.165 e. The van der Waals surface area contributed by atoms with E-state index in [-0.39, 0.29) is 11.6 Å². The van der Waals surface area contributed by atoms with Crippen LogP contribution in [0.2, 0.25) is 0 Å². The molecule has 0 saturated heterocycles. The summed E-state index contributed by atoms with van der Waals surface area (Å²) in [6, 6.07) is 4.85. The van der Waals surface area contributed by atoms with Crippen LogP contribution >= 0.6 is 12.6 Å². The average Bonchev–Trinajstić information content (AvgIpc) is 2.71. The molecule has 1 aromatic carbocycles. The van der Waals surface area contributed by atoms with E-state index in [2.05, 4.69) is 22.6 Å². The molecule has 18 heavy (non-hydrogen) atoms. The Morgan fingerprint density at radius 3 is 2.83 bits per heavy atom. The number of aryl methyl sites for hydroxylation is 2. The summed E-state index contributed by atoms with van der Waals surface area (Å²) in [7, 11) is 1.45. The number of ether oxygens (including phenoxy) is 1. The maximum atomic E-state index is 13.6. The van der Waals surface area contributed by atoms with Gasteiger partial charge in [-0.25, -0.2) is 9.37 Å². The first-order valence-corrected chi connectivity index (χ1v) is 6.29. The number of aromatic nitrogens is 2. The number of H-pyrrole nitrogens is 1. The third-order valence-corrected chi connectivity index (χ3v) is 2.93. The number of thiol groups is 1. The van der Waals surface area contributed by atoms with Crippen molar-refractivity contribution in [3.63, 3.8) is 0 Å². The van der Waals surface area contributed by atoms with Crippen LogP contribution in [0.4, 0.5) is 4.39 Å². The summed E-state index contributed by atoms with van der Waals surface area (Å²) < 4.78 is 18.5. The summed E-state index contributed by atoms with van der Waals surface area (Å²) in [4.78, 5) is 7.63. The molecule has 0 aliphatic heterocycles. The van der Waals surface area contributed by atoms with Gasteiger partial charge in [-0.3, -0.25) is 0 Å². The molecule has 5 heteroatoms. The molecule has 0 aliphatic carbocycles. The Kier molecular flexibility index (Phi) is 3.91. The number of nitrogens with zero attached hydrogens (tertiary/aromatic N) is 1. The summed E-state index contributed by atoms with van der Waals surface area (Å²) in [6.07, 6.45) is 0.766. The van der Waals surface area contributed by atoms with Gasteiger partial charge in [-0.1, -0.05) is 0 Å². The zero-order valence-electron chi connectivity index (χ0n) is 10.3. The van der Waals surface area contributed by atoms with Crippen molar-refractivity contribution in [3.8, 4) is 17.0 Å². The number of benzene rings is 1. The molecule has 0 bridgehead atoms. The van der Waals surface area contributed by atoms with Gasteiger partial charge in [0.25, 0.3) is 0 Å². The highest BCUT2D eigenvalue weighted by Crippen LogP contribution is 2.26. The average molecular weight is 266 g/mol. The molecule has 0 radical (unpaired) electrons. The van der Waals surface area contributed by atoms with Gasteiger partial charge in [0.05, 0.1) is 12.8 Å². The van der Waals surface area contributed by atoms with Crippen LogP contribution in [0.25, 0.3) is 11.3 Å². The Hall–Kier alpha value is -1.49. The normalized spacial score (nSPS) is 10.7. The van der Waals surface area contributed by atoms with Crippen LogP contribution in [0.5, 0.6) is 5.75 Å². The second kappa shape index (κ2) is 5.44. The number of hydrogen-bond acceptors (Lipinski definition) is 3. The highest BCUT2D eigenvalue weighted by atomic mass is 32.1. The van der Waals surface area contributed by atoms with Crippen molar-refractivity contribution < 1.29 is 9.13 Å². The third kappa shape index (κ3) is 2.51. The van der Waals surface area contributed by atoms with E-state index in [0.29, 0.717) is 0 Å². The number of aromatic amines is 1. The summed E-state index contributed by atoms with van der Waals surface area (Å²) in [5.74, 6) is 1.45. The van der Waals surface area contributed by atoms with Gasteiger partial charge in [0.1, 0.15) is 5.82 Å². The molecule has 96 valence electrons. The second-order valence-corrected chi connectivity index (χ2v) is 4.43. The molecule has 0 aliphatic rings. The molecule has 1 N–H and O–H groups in total. The van der Waals surface area contributed by atoms with Crippen LogP contribution in [0.15, 0.2) is 18.2 Å². The molecule has 1 aromatic heterocycles. The van der Waals surface area contributed by atoms with Gasteiger partial charge in [0.2, 0.25) is 0 Å². The first kappa shape index (κ1) is 13.0. The van der Waals surface area contributed by atoms with E-state index < -0.39 is 0 Å². The number of rotatable bonds is 4. The molecule has 0 spiro atoms. The molecule has 0 amide bonds. The fraction of sp³-hybridized carbons (Fsp3) is 0.308. The van der Waals surface area contributed by atoms with E-state index in [1.165, 1.54) is 13.2 Å². The lowest BCUT2D eigenvalue weighted by Crippen LogP contribution is -1.90. The third-order valence-electron chi connectivity index (χ3n) is 2.71. The van der Waals surface area contributed by atoms with Crippen molar-refractivity contribution in [2.45, 2.75) is 13.3 Å². The van der Waals surface area contributed by atoms with Crippen LogP contribution in [-0.4, -0.2) is 22.8 Å². The zero-order valence-corrected chi connectivity index (χ0v) is 11.2. The lowest BCUT2D eigenvalue weighted by atomic mass is 10.1. The molecule has 0 saturated carbocycles. The van der Waals surface area contributed by atoms with E-state index in [4.69, 9.17) is 4.74 Å². The minimum atomic E-state index is -0.381. The topological polar surface area (TPSA) is 37.9 Å². The van der Waals surface area contributed by atoms with Crippen molar-refractivity contribution in [2.24, 2.45) is 0 Å². The van der Waals surface area contributed by atoms with Gasteiger partial charge in [-0.2, -0.15) is 12.6 Å². The van der Waals surface area contributed by atoms with Crippen LogP contribution in [0, 0.1) is 12.7 Å². The summed E-state index contributed by atoms with van der Waals surface area (Å²) in [5.41, 5.74) is 2.44. The fourth-order valence-corrected chi connectivity index (χ4v) is 2.05. The molecule has 2 rings (SSSR count). The lowest BCUT2D eigenvalue weighted by Gasteiger charge is -2.03. The van der Waals surface area contributed by atoms with E-state index in [1.54, 1.807) is 12.1 Å². The first-order chi connectivity index (χ1) is 8.65. The van der Waals surface area contributed by atoms with Gasteiger partial charge in [-0.15, -0.1) is 0 Å². The number of hydrogen-bond donors (Lipinski definition) is 2. The van der Waals surface area contributed by atoms with Crippen LogP contribution in [0.1, 0.15) is 11.5 Å². The Balaban J connectivity index is 2.39. The number of nitrogens with one attached hydrogen (secondary N) is 1. The van der Waals surface area contributed by atoms with Crippen LogP contribution < -0.4 is 4.74 Å². The second-order valence-electron chi connectivity index (χ2n) is 3.98. The molecular formula is C13H15FN2OS. The number of imidazole rings is 1. The van der Waals surface area contributed by atoms with E-state index in [1.807, 2.05) is 6.92 Å². The van der Waals surface area contributed by atoms with Crippen molar-refractivity contribution in [2.75, 3.05) is 12.9 Å². The van der Waals surface area contributed by atoms with E-state index in [0.717, 1.165) is 34.9 Å². The minimum absolute atomic E-state index is 0.238. The predicted octanol–water partition coefficient (Wildman–Crippen LogP) is 3.01. The SMILES string of the molecule is COc1ccc(-c2nc(CCS)[nH]c2C)cc1F. The van der Waals surface area contributed by atoms with Gasteiger partial charge in [0, 0.05) is 17.7 Å². The molecule has 0 atom stereocenters. The smallest absolute Gasteiger partial charge is 0.165 e. The van der Waals surface area contributed by atoms with Crippen molar-refractivity contribution in [3.05, 3.63) is 35.5 Å². The van der Waals surface area contributed by atoms with E-state index in [9.17, 15) is 4.39 Å². The molecule has 2 aromatic rings. The Labute approximate surface area is 111 Å². The zero-order chi connectivity index (χ0) is 13.1. The Bertz CT molecular complexity index is 554. The van der Waals surface area contributed by atoms with Crippen molar-refractivity contribution in [1.29, 1.82) is 0 Å². The summed E-state index contributed by atoms with van der Waals surface area (Å²) in [5, 5.41) is 0. The van der Waals surface area contributed by atoms with Crippen LogP contribution in [-0.2, 0) is 6.42 Å². The number of halogens is 1. The highest BCUT2D eigenvalue weighted by Gasteiger charge is 2.11. The summed E-state index contributed by atoms with van der Waals surface area (Å²) in [6.45, 7) is 1.92. The highest BCUT2D eigenvalue weighted by molar-refractivity contribution is 7.80.